The quantitative estimate of drug-likeness (QED) is 0.169. The van der Waals surface area contributed by atoms with E-state index in [1.807, 2.05) is 0 Å². The number of hydrogen-bond acceptors (Lipinski definition) is 8. The Hall–Kier alpha value is -4.70. The lowest BCUT2D eigenvalue weighted by Crippen LogP contribution is -2.58. The first-order valence-electron chi connectivity index (χ1n) is 14.4. The van der Waals surface area contributed by atoms with Crippen molar-refractivity contribution in [3.05, 3.63) is 94.0 Å². The molecule has 3 amide bonds. The fourth-order valence-electron chi connectivity index (χ4n) is 5.32. The molecular weight excluding hydrogens is 625 g/mol. The number of carboxylic acid groups (broad SMARTS) is 1. The Morgan fingerprint density at radius 3 is 1.81 bits per heavy atom. The highest BCUT2D eigenvalue weighted by Crippen LogP contribution is 2.30. The van der Waals surface area contributed by atoms with E-state index in [9.17, 15) is 47.5 Å². The Balaban J connectivity index is 1.40. The Bertz CT molecular complexity index is 1710. The van der Waals surface area contributed by atoms with E-state index < -0.39 is 74.2 Å². The second-order valence-corrected chi connectivity index (χ2v) is 11.1. The topological polar surface area (TPSA) is 184 Å². The van der Waals surface area contributed by atoms with Crippen LogP contribution in [0.15, 0.2) is 60.7 Å². The van der Waals surface area contributed by atoms with E-state index in [0.29, 0.717) is 22.1 Å². The number of rotatable bonds is 10. The van der Waals surface area contributed by atoms with Gasteiger partial charge in [-0.3, -0.25) is 19.2 Å². The first-order valence-corrected chi connectivity index (χ1v) is 14.4. The van der Waals surface area contributed by atoms with Crippen LogP contribution in [0.1, 0.15) is 62.4 Å². The maximum atomic E-state index is 13.7. The summed E-state index contributed by atoms with van der Waals surface area (Å²) in [4.78, 5) is 52.0. The molecular formula is C30H28B2F3N3O9. The lowest BCUT2D eigenvalue weighted by Gasteiger charge is -2.28. The molecule has 0 aliphatic carbocycles. The third kappa shape index (κ3) is 7.65. The summed E-state index contributed by atoms with van der Waals surface area (Å²) < 4.78 is 49.7. The third-order valence-corrected chi connectivity index (χ3v) is 7.91. The van der Waals surface area contributed by atoms with E-state index >= 15 is 0 Å². The highest BCUT2D eigenvalue weighted by atomic mass is 19.4. The van der Waals surface area contributed by atoms with Crippen molar-refractivity contribution in [1.82, 2.24) is 16.0 Å². The maximum Gasteiger partial charge on any atom is 0.491 e. The molecule has 5 rings (SSSR count). The molecule has 3 unspecified atom stereocenters. The number of carbonyl (C=O) groups excluding carboxylic acids is 3. The number of carbonyl (C=O) groups is 4. The summed E-state index contributed by atoms with van der Waals surface area (Å²) in [6.07, 6.45) is -5.35. The fourth-order valence-corrected chi connectivity index (χ4v) is 5.32. The number of alkyl halides is 3. The summed E-state index contributed by atoms with van der Waals surface area (Å²) >= 11 is 0. The van der Waals surface area contributed by atoms with E-state index in [1.54, 1.807) is 12.1 Å². The molecule has 3 aromatic carbocycles. The molecule has 3 atom stereocenters. The van der Waals surface area contributed by atoms with Gasteiger partial charge in [-0.05, 0) is 70.9 Å². The zero-order valence-corrected chi connectivity index (χ0v) is 24.7. The van der Waals surface area contributed by atoms with Gasteiger partial charge in [0.2, 0.25) is 5.91 Å². The van der Waals surface area contributed by atoms with Gasteiger partial charge in [0.05, 0.1) is 37.3 Å². The van der Waals surface area contributed by atoms with Gasteiger partial charge >= 0.3 is 26.4 Å². The molecule has 0 spiro atoms. The summed E-state index contributed by atoms with van der Waals surface area (Å²) in [5.41, 5.74) is 1.33. The molecule has 2 aliphatic heterocycles. The van der Waals surface area contributed by atoms with E-state index in [-0.39, 0.29) is 29.9 Å². The average Bonchev–Trinajstić information content (AvgIpc) is 3.59. The van der Waals surface area contributed by atoms with Crippen molar-refractivity contribution in [2.45, 2.75) is 50.9 Å². The van der Waals surface area contributed by atoms with Gasteiger partial charge in [0.1, 0.15) is 6.04 Å². The maximum absolute atomic E-state index is 13.7. The van der Waals surface area contributed by atoms with Gasteiger partial charge in [-0.1, -0.05) is 24.3 Å². The molecule has 3 aromatic rings. The van der Waals surface area contributed by atoms with Gasteiger partial charge in [-0.15, -0.1) is 0 Å². The van der Waals surface area contributed by atoms with Gasteiger partial charge < -0.3 is 40.4 Å². The standard InChI is InChI=1S/C30H28B2F3N3O9/c1-15(36-27(41)17-2-4-19-13-46-31(44)22(19)10-17)26(38-28(42)18-3-5-20-14-47-32(45)23(20)11-18)29(43)37-24(12-25(39)40)16-6-8-21(9-7-16)30(33,34)35/h2-11,15,24,26,44-45H,12-14H2,1H3,(H,36,41)(H,37,43)(H,38,42)(H,39,40). The summed E-state index contributed by atoms with van der Waals surface area (Å²) in [7, 11) is -2.48. The summed E-state index contributed by atoms with van der Waals surface area (Å²) in [5, 5.41) is 37.3. The molecule has 0 saturated heterocycles. The van der Waals surface area contributed by atoms with E-state index in [4.69, 9.17) is 9.31 Å². The smallest absolute Gasteiger partial charge is 0.481 e. The highest BCUT2D eigenvalue weighted by molar-refractivity contribution is 6.62. The van der Waals surface area contributed by atoms with Gasteiger partial charge in [-0.2, -0.15) is 13.2 Å². The normalized spacial score (nSPS) is 15.7. The number of amides is 3. The second-order valence-electron chi connectivity index (χ2n) is 11.1. The molecule has 0 saturated carbocycles. The van der Waals surface area contributed by atoms with Crippen molar-refractivity contribution in [3.8, 4) is 0 Å². The van der Waals surface area contributed by atoms with Crippen LogP contribution in [0.3, 0.4) is 0 Å². The van der Waals surface area contributed by atoms with E-state index in [2.05, 4.69) is 16.0 Å². The fraction of sp³-hybridized carbons (Fsp3) is 0.267. The van der Waals surface area contributed by atoms with Crippen LogP contribution >= 0.6 is 0 Å². The minimum Gasteiger partial charge on any atom is -0.481 e. The molecule has 244 valence electrons. The molecule has 0 fully saturated rings. The Kier molecular flexibility index (Phi) is 9.72. The van der Waals surface area contributed by atoms with Crippen molar-refractivity contribution >= 4 is 48.9 Å². The monoisotopic (exact) mass is 653 g/mol. The number of benzene rings is 3. The zero-order valence-electron chi connectivity index (χ0n) is 24.7. The molecule has 6 N–H and O–H groups in total. The van der Waals surface area contributed by atoms with Crippen molar-refractivity contribution in [3.63, 3.8) is 0 Å². The number of carboxylic acids is 1. The average molecular weight is 653 g/mol. The van der Waals surface area contributed by atoms with Crippen LogP contribution in [0, 0.1) is 0 Å². The summed E-state index contributed by atoms with van der Waals surface area (Å²) in [5.74, 6) is -3.76. The van der Waals surface area contributed by atoms with Gasteiger partial charge in [-0.25, -0.2) is 0 Å². The Morgan fingerprint density at radius 2 is 1.32 bits per heavy atom. The molecule has 47 heavy (non-hydrogen) atoms. The molecule has 0 radical (unpaired) electrons. The second kappa shape index (κ2) is 13.6. The first-order chi connectivity index (χ1) is 22.2. The van der Waals surface area contributed by atoms with Crippen molar-refractivity contribution in [1.29, 1.82) is 0 Å². The van der Waals surface area contributed by atoms with Crippen LogP contribution in [0.4, 0.5) is 13.2 Å². The van der Waals surface area contributed by atoms with Crippen molar-refractivity contribution in [2.24, 2.45) is 0 Å². The molecule has 2 heterocycles. The van der Waals surface area contributed by atoms with Crippen LogP contribution in [0.25, 0.3) is 0 Å². The van der Waals surface area contributed by atoms with Crippen LogP contribution < -0.4 is 26.9 Å². The lowest BCUT2D eigenvalue weighted by atomic mass is 9.78. The van der Waals surface area contributed by atoms with Crippen LogP contribution in [0.2, 0.25) is 0 Å². The predicted octanol–water partition coefficient (Wildman–Crippen LogP) is 0.390. The van der Waals surface area contributed by atoms with Crippen LogP contribution in [-0.2, 0) is 38.3 Å². The van der Waals surface area contributed by atoms with E-state index in [1.165, 1.54) is 31.2 Å². The minimum atomic E-state index is -4.64. The Morgan fingerprint density at radius 1 is 0.809 bits per heavy atom. The Labute approximate surface area is 266 Å². The molecule has 2 aliphatic rings. The molecule has 17 heteroatoms. The summed E-state index contributed by atoms with van der Waals surface area (Å²) in [6.45, 7) is 1.71. The van der Waals surface area contributed by atoms with E-state index in [0.717, 1.165) is 24.3 Å². The number of aliphatic carboxylic acids is 1. The van der Waals surface area contributed by atoms with Crippen molar-refractivity contribution < 1.29 is 56.8 Å². The predicted molar refractivity (Wildman–Crippen MR) is 160 cm³/mol. The largest absolute Gasteiger partial charge is 0.491 e. The minimum absolute atomic E-state index is 0.0436. The van der Waals surface area contributed by atoms with Gasteiger partial charge in [0.25, 0.3) is 11.8 Å². The number of halogens is 3. The SMILES string of the molecule is CC(NC(=O)c1ccc2c(c1)B(O)OC2)C(NC(=O)c1ccc2c(c1)B(O)OC2)C(=O)NC(CC(=O)O)c1ccc(C(F)(F)F)cc1. The summed E-state index contributed by atoms with van der Waals surface area (Å²) in [6, 6.07) is 8.52. The molecule has 0 aromatic heterocycles. The first kappa shape index (κ1) is 33.7. The molecule has 0 bridgehead atoms. The molecule has 12 nitrogen and oxygen atoms in total. The van der Waals surface area contributed by atoms with Crippen molar-refractivity contribution in [2.75, 3.05) is 0 Å². The third-order valence-electron chi connectivity index (χ3n) is 7.91. The van der Waals surface area contributed by atoms with Gasteiger partial charge in [0, 0.05) is 11.1 Å². The van der Waals surface area contributed by atoms with Crippen LogP contribution in [-0.4, -0.2) is 65.2 Å². The lowest BCUT2D eigenvalue weighted by molar-refractivity contribution is -0.139. The van der Waals surface area contributed by atoms with Crippen LogP contribution in [0.5, 0.6) is 0 Å². The number of hydrogen-bond donors (Lipinski definition) is 6. The van der Waals surface area contributed by atoms with Gasteiger partial charge in [0.15, 0.2) is 0 Å². The zero-order chi connectivity index (χ0) is 34.0. The number of nitrogens with one attached hydrogen (secondary N) is 3. The highest BCUT2D eigenvalue weighted by Gasteiger charge is 2.35. The number of fused-ring (bicyclic) bond motifs is 2.